The molecule has 4 nitrogen and oxygen atoms in total. The van der Waals surface area contributed by atoms with Gasteiger partial charge < -0.3 is 10.0 Å². The number of carboxylic acid groups (broad SMARTS) is 1. The summed E-state index contributed by atoms with van der Waals surface area (Å²) in [6.07, 6.45) is 3.30. The lowest BCUT2D eigenvalue weighted by atomic mass is 9.99. The molecule has 0 spiro atoms. The maximum atomic E-state index is 12.4. The van der Waals surface area contributed by atoms with Crippen LogP contribution in [0.25, 0.3) is 0 Å². The Kier molecular flexibility index (Phi) is 5.58. The molecule has 1 heterocycles. The first-order valence-corrected chi connectivity index (χ1v) is 8.07. The number of aryl methyl sites for hydroxylation is 1. The standard InChI is InChI=1S/C18H25NO3/c1-13(2)11-17(20)19-10-4-7-16(19)15-6-3-5-14(12-15)8-9-18(21)22/h3,5-6,12-13,16H,4,7-11H2,1-2H3,(H,21,22). The number of rotatable bonds is 6. The number of carbonyl (C=O) groups is 2. The van der Waals surface area contributed by atoms with E-state index < -0.39 is 5.97 Å². The van der Waals surface area contributed by atoms with Crippen LogP contribution in [0.15, 0.2) is 24.3 Å². The SMILES string of the molecule is CC(C)CC(=O)N1CCCC1c1cccc(CCC(=O)O)c1. The van der Waals surface area contributed by atoms with E-state index in [-0.39, 0.29) is 18.4 Å². The predicted molar refractivity (Wildman–Crippen MR) is 85.5 cm³/mol. The Bertz CT molecular complexity index is 539. The van der Waals surface area contributed by atoms with Gasteiger partial charge in [-0.2, -0.15) is 0 Å². The highest BCUT2D eigenvalue weighted by Gasteiger charge is 2.29. The van der Waals surface area contributed by atoms with Gasteiger partial charge in [0.25, 0.3) is 0 Å². The number of likely N-dealkylation sites (tertiary alicyclic amines) is 1. The topological polar surface area (TPSA) is 57.6 Å². The fourth-order valence-corrected chi connectivity index (χ4v) is 3.09. The van der Waals surface area contributed by atoms with Gasteiger partial charge in [0.15, 0.2) is 0 Å². The van der Waals surface area contributed by atoms with Crippen molar-refractivity contribution >= 4 is 11.9 Å². The van der Waals surface area contributed by atoms with Crippen molar-refractivity contribution in [1.29, 1.82) is 0 Å². The highest BCUT2D eigenvalue weighted by molar-refractivity contribution is 5.77. The summed E-state index contributed by atoms with van der Waals surface area (Å²) in [4.78, 5) is 25.1. The Morgan fingerprint density at radius 1 is 1.36 bits per heavy atom. The molecule has 0 saturated carbocycles. The van der Waals surface area contributed by atoms with E-state index in [9.17, 15) is 9.59 Å². The van der Waals surface area contributed by atoms with Crippen molar-refractivity contribution in [1.82, 2.24) is 4.90 Å². The number of amides is 1. The minimum Gasteiger partial charge on any atom is -0.481 e. The van der Waals surface area contributed by atoms with Gasteiger partial charge in [0, 0.05) is 19.4 Å². The number of carboxylic acids is 1. The lowest BCUT2D eigenvalue weighted by Crippen LogP contribution is -2.31. The molecule has 1 aliphatic rings. The second-order valence-electron chi connectivity index (χ2n) is 6.48. The van der Waals surface area contributed by atoms with Gasteiger partial charge >= 0.3 is 5.97 Å². The largest absolute Gasteiger partial charge is 0.481 e. The second-order valence-corrected chi connectivity index (χ2v) is 6.48. The molecule has 1 fully saturated rings. The molecule has 4 heteroatoms. The van der Waals surface area contributed by atoms with Gasteiger partial charge in [0.2, 0.25) is 5.91 Å². The Hall–Kier alpha value is -1.84. The van der Waals surface area contributed by atoms with E-state index in [1.807, 2.05) is 17.0 Å². The fourth-order valence-electron chi connectivity index (χ4n) is 3.09. The molecular formula is C18H25NO3. The predicted octanol–water partition coefficient (Wildman–Crippen LogP) is 3.41. The van der Waals surface area contributed by atoms with E-state index >= 15 is 0 Å². The molecule has 1 amide bonds. The number of aliphatic carboxylic acids is 1. The summed E-state index contributed by atoms with van der Waals surface area (Å²) in [6, 6.07) is 8.19. The third-order valence-corrected chi connectivity index (χ3v) is 4.12. The van der Waals surface area contributed by atoms with Crippen LogP contribution in [0.4, 0.5) is 0 Å². The van der Waals surface area contributed by atoms with Crippen molar-refractivity contribution in [2.24, 2.45) is 5.92 Å². The molecule has 0 aliphatic carbocycles. The van der Waals surface area contributed by atoms with Crippen LogP contribution in [-0.2, 0) is 16.0 Å². The maximum absolute atomic E-state index is 12.4. The molecule has 0 radical (unpaired) electrons. The van der Waals surface area contributed by atoms with Crippen molar-refractivity contribution in [2.75, 3.05) is 6.54 Å². The Morgan fingerprint density at radius 2 is 2.14 bits per heavy atom. The van der Waals surface area contributed by atoms with E-state index in [1.165, 1.54) is 0 Å². The zero-order valence-corrected chi connectivity index (χ0v) is 13.4. The van der Waals surface area contributed by atoms with Crippen LogP contribution in [0.1, 0.15) is 56.7 Å². The summed E-state index contributed by atoms with van der Waals surface area (Å²) >= 11 is 0. The average molecular weight is 303 g/mol. The Balaban J connectivity index is 2.10. The summed E-state index contributed by atoms with van der Waals surface area (Å²) in [5, 5.41) is 8.80. The summed E-state index contributed by atoms with van der Waals surface area (Å²) < 4.78 is 0. The summed E-state index contributed by atoms with van der Waals surface area (Å²) in [7, 11) is 0. The lowest BCUT2D eigenvalue weighted by molar-refractivity contribution is -0.137. The molecule has 1 N–H and O–H groups in total. The molecule has 1 aromatic rings. The van der Waals surface area contributed by atoms with Crippen molar-refractivity contribution in [3.05, 3.63) is 35.4 Å². The van der Waals surface area contributed by atoms with E-state index in [1.54, 1.807) is 0 Å². The van der Waals surface area contributed by atoms with E-state index in [2.05, 4.69) is 26.0 Å². The molecule has 1 atom stereocenters. The highest BCUT2D eigenvalue weighted by Crippen LogP contribution is 2.33. The lowest BCUT2D eigenvalue weighted by Gasteiger charge is -2.26. The molecule has 22 heavy (non-hydrogen) atoms. The van der Waals surface area contributed by atoms with E-state index in [0.29, 0.717) is 18.8 Å². The second kappa shape index (κ2) is 7.43. The normalized spacial score (nSPS) is 18.0. The third kappa shape index (κ3) is 4.33. The quantitative estimate of drug-likeness (QED) is 0.876. The van der Waals surface area contributed by atoms with Crippen LogP contribution in [0, 0.1) is 5.92 Å². The first-order chi connectivity index (χ1) is 10.5. The van der Waals surface area contributed by atoms with Crippen LogP contribution < -0.4 is 0 Å². The summed E-state index contributed by atoms with van der Waals surface area (Å²) in [5.41, 5.74) is 2.17. The molecule has 1 aromatic carbocycles. The van der Waals surface area contributed by atoms with Crippen molar-refractivity contribution in [2.45, 2.75) is 52.0 Å². The number of hydrogen-bond donors (Lipinski definition) is 1. The van der Waals surface area contributed by atoms with Crippen LogP contribution >= 0.6 is 0 Å². The Labute approximate surface area is 132 Å². The molecule has 0 aromatic heterocycles. The van der Waals surface area contributed by atoms with Gasteiger partial charge in [-0.3, -0.25) is 9.59 Å². The number of carbonyl (C=O) groups excluding carboxylic acids is 1. The van der Waals surface area contributed by atoms with Crippen LogP contribution in [0.5, 0.6) is 0 Å². The first kappa shape index (κ1) is 16.5. The summed E-state index contributed by atoms with van der Waals surface area (Å²) in [5.74, 6) is -0.177. The molecular weight excluding hydrogens is 278 g/mol. The zero-order valence-electron chi connectivity index (χ0n) is 13.4. The Morgan fingerprint density at radius 3 is 2.82 bits per heavy atom. The average Bonchev–Trinajstić information content (AvgIpc) is 2.94. The van der Waals surface area contributed by atoms with Gasteiger partial charge in [-0.1, -0.05) is 38.1 Å². The van der Waals surface area contributed by atoms with Gasteiger partial charge in [-0.05, 0) is 36.3 Å². The van der Waals surface area contributed by atoms with Crippen molar-refractivity contribution < 1.29 is 14.7 Å². The third-order valence-electron chi connectivity index (χ3n) is 4.12. The van der Waals surface area contributed by atoms with Crippen LogP contribution in [-0.4, -0.2) is 28.4 Å². The van der Waals surface area contributed by atoms with Crippen molar-refractivity contribution in [3.63, 3.8) is 0 Å². The zero-order chi connectivity index (χ0) is 16.1. The molecule has 1 saturated heterocycles. The maximum Gasteiger partial charge on any atom is 0.303 e. The minimum absolute atomic E-state index is 0.143. The van der Waals surface area contributed by atoms with E-state index in [4.69, 9.17) is 5.11 Å². The molecule has 120 valence electrons. The minimum atomic E-state index is -0.778. The van der Waals surface area contributed by atoms with Crippen LogP contribution in [0.3, 0.4) is 0 Å². The summed E-state index contributed by atoms with van der Waals surface area (Å²) in [6.45, 7) is 4.96. The first-order valence-electron chi connectivity index (χ1n) is 8.07. The van der Waals surface area contributed by atoms with Gasteiger partial charge in [-0.25, -0.2) is 0 Å². The van der Waals surface area contributed by atoms with Crippen molar-refractivity contribution in [3.8, 4) is 0 Å². The van der Waals surface area contributed by atoms with Gasteiger partial charge in [0.05, 0.1) is 6.04 Å². The smallest absolute Gasteiger partial charge is 0.303 e. The number of benzene rings is 1. The fraction of sp³-hybridized carbons (Fsp3) is 0.556. The highest BCUT2D eigenvalue weighted by atomic mass is 16.4. The number of nitrogens with zero attached hydrogens (tertiary/aromatic N) is 1. The van der Waals surface area contributed by atoms with Gasteiger partial charge in [0.1, 0.15) is 0 Å². The molecule has 1 unspecified atom stereocenters. The molecule has 1 aliphatic heterocycles. The number of hydrogen-bond acceptors (Lipinski definition) is 2. The monoisotopic (exact) mass is 303 g/mol. The van der Waals surface area contributed by atoms with Crippen LogP contribution in [0.2, 0.25) is 0 Å². The van der Waals surface area contributed by atoms with Gasteiger partial charge in [-0.15, -0.1) is 0 Å². The molecule has 0 bridgehead atoms. The molecule has 2 rings (SSSR count). The van der Waals surface area contributed by atoms with E-state index in [0.717, 1.165) is 30.5 Å².